The van der Waals surface area contributed by atoms with Crippen LogP contribution < -0.4 is 11.1 Å². The van der Waals surface area contributed by atoms with Crippen LogP contribution in [0.1, 0.15) is 40.5 Å². The van der Waals surface area contributed by atoms with Crippen molar-refractivity contribution in [3.05, 3.63) is 0 Å². The molecule has 0 radical (unpaired) electrons. The van der Waals surface area contributed by atoms with Crippen LogP contribution in [0.4, 0.5) is 4.79 Å². The van der Waals surface area contributed by atoms with Gasteiger partial charge in [-0.2, -0.15) is 0 Å². The molecule has 7 heteroatoms. The zero-order valence-electron chi connectivity index (χ0n) is 11.9. The third-order valence-electron chi connectivity index (χ3n) is 2.51. The molecule has 0 rings (SSSR count). The quantitative estimate of drug-likeness (QED) is 0.628. The van der Waals surface area contributed by atoms with Gasteiger partial charge in [-0.1, -0.05) is 0 Å². The van der Waals surface area contributed by atoms with E-state index in [1.54, 1.807) is 27.7 Å². The summed E-state index contributed by atoms with van der Waals surface area (Å²) in [5, 5.41) is 11.3. The number of nitrogens with one attached hydrogen (secondary N) is 1. The van der Waals surface area contributed by atoms with Crippen molar-refractivity contribution < 1.29 is 19.5 Å². The Hall–Kier alpha value is -1.79. The molecule has 0 unspecified atom stereocenters. The number of amides is 3. The molecule has 110 valence electrons. The first-order valence-corrected chi connectivity index (χ1v) is 6.14. The highest BCUT2D eigenvalue weighted by Gasteiger charge is 2.26. The average molecular weight is 273 g/mol. The Morgan fingerprint density at radius 2 is 1.84 bits per heavy atom. The summed E-state index contributed by atoms with van der Waals surface area (Å²) in [6.45, 7) is 7.08. The number of hydrogen-bond donors (Lipinski definition) is 3. The lowest BCUT2D eigenvalue weighted by Crippen LogP contribution is -2.53. The molecule has 0 bridgehead atoms. The summed E-state index contributed by atoms with van der Waals surface area (Å²) < 4.78 is 0. The second-order valence-electron chi connectivity index (χ2n) is 5.39. The SMILES string of the molecule is CC(C)N(CCC(=O)O)C(=O)NC(C)(C)CC(N)=O. The minimum absolute atomic E-state index is 0.0175. The van der Waals surface area contributed by atoms with Crippen LogP contribution in [0.3, 0.4) is 0 Å². The van der Waals surface area contributed by atoms with Crippen molar-refractivity contribution in [3.63, 3.8) is 0 Å². The van der Waals surface area contributed by atoms with Crippen LogP contribution in [0.2, 0.25) is 0 Å². The maximum Gasteiger partial charge on any atom is 0.318 e. The molecule has 0 aliphatic rings. The standard InChI is InChI=1S/C12H23N3O4/c1-8(2)15(6-5-10(17)18)11(19)14-12(3,4)7-9(13)16/h8H,5-7H2,1-4H3,(H2,13,16)(H,14,19)(H,17,18). The fourth-order valence-electron chi connectivity index (χ4n) is 1.65. The predicted molar refractivity (Wildman–Crippen MR) is 70.5 cm³/mol. The van der Waals surface area contributed by atoms with Crippen molar-refractivity contribution in [3.8, 4) is 0 Å². The van der Waals surface area contributed by atoms with E-state index in [-0.39, 0.29) is 25.4 Å². The summed E-state index contributed by atoms with van der Waals surface area (Å²) >= 11 is 0. The summed E-state index contributed by atoms with van der Waals surface area (Å²) in [5.74, 6) is -1.47. The molecule has 0 aliphatic carbocycles. The van der Waals surface area contributed by atoms with Gasteiger partial charge in [-0.25, -0.2) is 4.79 Å². The van der Waals surface area contributed by atoms with Crippen molar-refractivity contribution in [1.29, 1.82) is 0 Å². The zero-order valence-corrected chi connectivity index (χ0v) is 11.9. The summed E-state index contributed by atoms with van der Waals surface area (Å²) in [6.07, 6.45) is -0.106. The Morgan fingerprint density at radius 3 is 2.21 bits per heavy atom. The van der Waals surface area contributed by atoms with Crippen LogP contribution in [0.25, 0.3) is 0 Å². The largest absolute Gasteiger partial charge is 0.481 e. The number of nitrogens with zero attached hydrogens (tertiary/aromatic N) is 1. The van der Waals surface area contributed by atoms with Crippen molar-refractivity contribution in [1.82, 2.24) is 10.2 Å². The van der Waals surface area contributed by atoms with Gasteiger partial charge in [-0.15, -0.1) is 0 Å². The number of aliphatic carboxylic acids is 1. The lowest BCUT2D eigenvalue weighted by molar-refractivity contribution is -0.137. The molecule has 0 spiro atoms. The first-order chi connectivity index (χ1) is 8.55. The van der Waals surface area contributed by atoms with Gasteiger partial charge in [0.25, 0.3) is 0 Å². The Bertz CT molecular complexity index is 353. The molecule has 7 nitrogen and oxygen atoms in total. The number of carboxylic acids is 1. The van der Waals surface area contributed by atoms with Gasteiger partial charge < -0.3 is 21.1 Å². The smallest absolute Gasteiger partial charge is 0.318 e. The molecule has 0 aromatic rings. The summed E-state index contributed by atoms with van der Waals surface area (Å²) in [4.78, 5) is 34.9. The van der Waals surface area contributed by atoms with E-state index in [9.17, 15) is 14.4 Å². The predicted octanol–water partition coefficient (Wildman–Crippen LogP) is 0.535. The molecule has 19 heavy (non-hydrogen) atoms. The zero-order chi connectivity index (χ0) is 15.2. The Kier molecular flexibility index (Phi) is 6.31. The van der Waals surface area contributed by atoms with Gasteiger partial charge in [0, 0.05) is 24.5 Å². The normalized spacial score (nSPS) is 11.2. The maximum absolute atomic E-state index is 12.1. The number of carbonyl (C=O) groups excluding carboxylic acids is 2. The monoisotopic (exact) mass is 273 g/mol. The number of carboxylic acid groups (broad SMARTS) is 1. The highest BCUT2D eigenvalue weighted by Crippen LogP contribution is 2.10. The van der Waals surface area contributed by atoms with E-state index < -0.39 is 23.4 Å². The van der Waals surface area contributed by atoms with E-state index in [1.165, 1.54) is 4.90 Å². The second-order valence-corrected chi connectivity index (χ2v) is 5.39. The van der Waals surface area contributed by atoms with Gasteiger partial charge in [-0.05, 0) is 27.7 Å². The van der Waals surface area contributed by atoms with Gasteiger partial charge in [0.2, 0.25) is 5.91 Å². The maximum atomic E-state index is 12.1. The lowest BCUT2D eigenvalue weighted by atomic mass is 10.0. The van der Waals surface area contributed by atoms with Crippen LogP contribution in [0.15, 0.2) is 0 Å². The van der Waals surface area contributed by atoms with Gasteiger partial charge >= 0.3 is 12.0 Å². The molecular weight excluding hydrogens is 250 g/mol. The number of primary amides is 1. The molecular formula is C12H23N3O4. The summed E-state index contributed by atoms with van der Waals surface area (Å²) in [5.41, 5.74) is 4.34. The van der Waals surface area contributed by atoms with Gasteiger partial charge in [0.1, 0.15) is 0 Å². The number of nitrogens with two attached hydrogens (primary N) is 1. The van der Waals surface area contributed by atoms with Gasteiger partial charge in [0.15, 0.2) is 0 Å². The Morgan fingerprint density at radius 1 is 1.32 bits per heavy atom. The minimum atomic E-state index is -0.963. The number of hydrogen-bond acceptors (Lipinski definition) is 3. The molecule has 0 aromatic heterocycles. The van der Waals surface area contributed by atoms with E-state index in [1.807, 2.05) is 0 Å². The van der Waals surface area contributed by atoms with Crippen molar-refractivity contribution in [2.24, 2.45) is 5.73 Å². The third-order valence-corrected chi connectivity index (χ3v) is 2.51. The van der Waals surface area contributed by atoms with E-state index in [0.717, 1.165) is 0 Å². The molecule has 0 saturated carbocycles. The fourth-order valence-corrected chi connectivity index (χ4v) is 1.65. The minimum Gasteiger partial charge on any atom is -0.481 e. The number of rotatable bonds is 7. The van der Waals surface area contributed by atoms with Crippen LogP contribution in [0, 0.1) is 0 Å². The van der Waals surface area contributed by atoms with Crippen LogP contribution in [0.5, 0.6) is 0 Å². The molecule has 4 N–H and O–H groups in total. The van der Waals surface area contributed by atoms with Gasteiger partial charge in [-0.3, -0.25) is 9.59 Å². The number of carbonyl (C=O) groups is 3. The second kappa shape index (κ2) is 6.96. The van der Waals surface area contributed by atoms with Gasteiger partial charge in [0.05, 0.1) is 6.42 Å². The van der Waals surface area contributed by atoms with Crippen LogP contribution >= 0.6 is 0 Å². The Labute approximate surface area is 113 Å². The molecule has 0 aliphatic heterocycles. The van der Waals surface area contributed by atoms with E-state index in [0.29, 0.717) is 0 Å². The fraction of sp³-hybridized carbons (Fsp3) is 0.750. The highest BCUT2D eigenvalue weighted by atomic mass is 16.4. The average Bonchev–Trinajstić information content (AvgIpc) is 2.12. The number of urea groups is 1. The van der Waals surface area contributed by atoms with Crippen molar-refractivity contribution in [2.45, 2.75) is 52.1 Å². The Balaban J connectivity index is 4.64. The molecule has 0 aromatic carbocycles. The molecule has 0 saturated heterocycles. The molecule has 0 heterocycles. The first-order valence-electron chi connectivity index (χ1n) is 6.14. The van der Waals surface area contributed by atoms with E-state index >= 15 is 0 Å². The first kappa shape index (κ1) is 17.2. The molecule has 3 amide bonds. The third kappa shape index (κ3) is 7.28. The van der Waals surface area contributed by atoms with Crippen LogP contribution in [-0.4, -0.2) is 46.0 Å². The van der Waals surface area contributed by atoms with E-state index in [4.69, 9.17) is 10.8 Å². The molecule has 0 atom stereocenters. The van der Waals surface area contributed by atoms with Crippen molar-refractivity contribution >= 4 is 17.9 Å². The lowest BCUT2D eigenvalue weighted by Gasteiger charge is -2.32. The molecule has 0 fully saturated rings. The van der Waals surface area contributed by atoms with Crippen molar-refractivity contribution in [2.75, 3.05) is 6.54 Å². The summed E-state index contributed by atoms with van der Waals surface area (Å²) in [6, 6.07) is -0.536. The summed E-state index contributed by atoms with van der Waals surface area (Å²) in [7, 11) is 0. The topological polar surface area (TPSA) is 113 Å². The van der Waals surface area contributed by atoms with E-state index in [2.05, 4.69) is 5.32 Å². The van der Waals surface area contributed by atoms with Crippen LogP contribution in [-0.2, 0) is 9.59 Å². The highest BCUT2D eigenvalue weighted by molar-refractivity contribution is 5.79.